The zero-order valence-electron chi connectivity index (χ0n) is 13.6. The molecule has 4 rings (SSSR count). The maximum Gasteiger partial charge on any atom is 0.416 e. The van der Waals surface area contributed by atoms with Crippen LogP contribution in [0.5, 0.6) is 0 Å². The average molecular weight is 357 g/mol. The highest BCUT2D eigenvalue weighted by Crippen LogP contribution is 2.36. The Kier molecular flexibility index (Phi) is 3.80. The summed E-state index contributed by atoms with van der Waals surface area (Å²) >= 11 is 0. The van der Waals surface area contributed by atoms with Crippen LogP contribution in [-0.2, 0) is 12.7 Å². The van der Waals surface area contributed by atoms with Crippen LogP contribution in [0, 0.1) is 11.3 Å². The third-order valence-electron chi connectivity index (χ3n) is 4.46. The number of fused-ring (bicyclic) bond motifs is 1. The van der Waals surface area contributed by atoms with E-state index >= 15 is 0 Å². The fraction of sp³-hybridized carbons (Fsp3) is 0.278. The third-order valence-corrected chi connectivity index (χ3v) is 4.46. The Labute approximate surface area is 147 Å². The van der Waals surface area contributed by atoms with Gasteiger partial charge < -0.3 is 9.88 Å². The Balaban J connectivity index is 1.70. The van der Waals surface area contributed by atoms with Crippen molar-refractivity contribution in [3.05, 3.63) is 53.5 Å². The first kappa shape index (κ1) is 16.4. The molecular weight excluding hydrogens is 343 g/mol. The topological polar surface area (TPSA) is 68.6 Å². The molecule has 0 saturated heterocycles. The first-order valence-corrected chi connectivity index (χ1v) is 8.12. The minimum absolute atomic E-state index is 0.261. The largest absolute Gasteiger partial charge is 0.416 e. The van der Waals surface area contributed by atoms with Crippen LogP contribution in [-0.4, -0.2) is 21.0 Å². The van der Waals surface area contributed by atoms with Crippen molar-refractivity contribution in [2.75, 3.05) is 4.90 Å². The van der Waals surface area contributed by atoms with Crippen molar-refractivity contribution in [1.29, 1.82) is 5.26 Å². The van der Waals surface area contributed by atoms with Gasteiger partial charge in [-0.1, -0.05) is 12.1 Å². The molecule has 132 valence electrons. The predicted octanol–water partition coefficient (Wildman–Crippen LogP) is 4.02. The van der Waals surface area contributed by atoms with Gasteiger partial charge in [0.1, 0.15) is 23.9 Å². The van der Waals surface area contributed by atoms with Gasteiger partial charge in [-0.15, -0.1) is 0 Å². The van der Waals surface area contributed by atoms with Crippen molar-refractivity contribution in [2.24, 2.45) is 0 Å². The van der Waals surface area contributed by atoms with E-state index in [1.807, 2.05) is 4.90 Å². The maximum atomic E-state index is 12.7. The van der Waals surface area contributed by atoms with Gasteiger partial charge in [-0.2, -0.15) is 18.4 Å². The number of benzene rings is 1. The van der Waals surface area contributed by atoms with Crippen LogP contribution in [0.4, 0.5) is 19.0 Å². The van der Waals surface area contributed by atoms with Crippen LogP contribution in [0.3, 0.4) is 0 Å². The van der Waals surface area contributed by atoms with Crippen LogP contribution in [0.1, 0.15) is 29.5 Å². The lowest BCUT2D eigenvalue weighted by Crippen LogP contribution is -2.26. The summed E-state index contributed by atoms with van der Waals surface area (Å²) in [7, 11) is 0. The molecule has 0 bridgehead atoms. The molecule has 0 spiro atoms. The van der Waals surface area contributed by atoms with E-state index in [1.54, 1.807) is 6.20 Å². The number of anilines is 1. The fourth-order valence-electron chi connectivity index (χ4n) is 3.01. The van der Waals surface area contributed by atoms with E-state index in [-0.39, 0.29) is 6.04 Å². The summed E-state index contributed by atoms with van der Waals surface area (Å²) in [5.41, 5.74) is 1.12. The zero-order chi connectivity index (χ0) is 18.3. The number of alkyl halides is 3. The molecule has 0 unspecified atom stereocenters. The SMILES string of the molecule is N#Cc1c[nH]c2ncnc(N(Cc3ccc(C(F)(F)F)cc3)C3CC3)c12. The Morgan fingerprint density at radius 2 is 1.92 bits per heavy atom. The predicted molar refractivity (Wildman–Crippen MR) is 89.3 cm³/mol. The van der Waals surface area contributed by atoms with Crippen molar-refractivity contribution < 1.29 is 13.2 Å². The number of halogens is 3. The molecule has 1 aliphatic rings. The molecule has 1 N–H and O–H groups in total. The van der Waals surface area contributed by atoms with Gasteiger partial charge in [-0.3, -0.25) is 0 Å². The first-order chi connectivity index (χ1) is 12.5. The Morgan fingerprint density at radius 1 is 1.19 bits per heavy atom. The molecule has 1 aliphatic carbocycles. The average Bonchev–Trinajstić information content (AvgIpc) is 3.37. The number of nitriles is 1. The van der Waals surface area contributed by atoms with Gasteiger partial charge in [0.2, 0.25) is 0 Å². The molecule has 0 radical (unpaired) electrons. The molecule has 2 aromatic heterocycles. The van der Waals surface area contributed by atoms with E-state index in [0.717, 1.165) is 30.5 Å². The zero-order valence-corrected chi connectivity index (χ0v) is 13.6. The monoisotopic (exact) mass is 357 g/mol. The van der Waals surface area contributed by atoms with Crippen molar-refractivity contribution >= 4 is 16.9 Å². The highest BCUT2D eigenvalue weighted by Gasteiger charge is 2.33. The molecule has 1 saturated carbocycles. The van der Waals surface area contributed by atoms with E-state index < -0.39 is 11.7 Å². The van der Waals surface area contributed by atoms with Crippen molar-refractivity contribution in [3.63, 3.8) is 0 Å². The minimum Gasteiger partial charge on any atom is -0.349 e. The van der Waals surface area contributed by atoms with Crippen LogP contribution >= 0.6 is 0 Å². The lowest BCUT2D eigenvalue weighted by atomic mass is 10.1. The quantitative estimate of drug-likeness (QED) is 0.766. The number of rotatable bonds is 4. The Bertz CT molecular complexity index is 981. The van der Waals surface area contributed by atoms with E-state index in [4.69, 9.17) is 0 Å². The molecule has 8 heteroatoms. The summed E-state index contributed by atoms with van der Waals surface area (Å²) in [6, 6.07) is 7.54. The number of H-pyrrole nitrogens is 1. The van der Waals surface area contributed by atoms with Crippen LogP contribution < -0.4 is 4.90 Å². The first-order valence-electron chi connectivity index (χ1n) is 8.12. The normalized spacial score (nSPS) is 14.4. The molecular formula is C18H14F3N5. The van der Waals surface area contributed by atoms with Crippen LogP contribution in [0.2, 0.25) is 0 Å². The molecule has 26 heavy (non-hydrogen) atoms. The highest BCUT2D eigenvalue weighted by atomic mass is 19.4. The van der Waals surface area contributed by atoms with Gasteiger partial charge >= 0.3 is 6.18 Å². The summed E-state index contributed by atoms with van der Waals surface area (Å²) in [6.45, 7) is 0.422. The van der Waals surface area contributed by atoms with E-state index in [1.165, 1.54) is 18.5 Å². The molecule has 2 heterocycles. The van der Waals surface area contributed by atoms with Crippen molar-refractivity contribution in [3.8, 4) is 6.07 Å². The molecule has 5 nitrogen and oxygen atoms in total. The Morgan fingerprint density at radius 3 is 2.54 bits per heavy atom. The second kappa shape index (κ2) is 6.02. The van der Waals surface area contributed by atoms with E-state index in [0.29, 0.717) is 29.0 Å². The summed E-state index contributed by atoms with van der Waals surface area (Å²) in [5, 5.41) is 9.98. The molecule has 1 aromatic carbocycles. The van der Waals surface area contributed by atoms with Crippen molar-refractivity contribution in [2.45, 2.75) is 31.6 Å². The van der Waals surface area contributed by atoms with Gasteiger partial charge in [-0.05, 0) is 30.5 Å². The molecule has 1 fully saturated rings. The molecule has 3 aromatic rings. The summed E-state index contributed by atoms with van der Waals surface area (Å²) in [4.78, 5) is 13.5. The smallest absolute Gasteiger partial charge is 0.349 e. The van der Waals surface area contributed by atoms with Gasteiger partial charge in [0.15, 0.2) is 0 Å². The molecule has 0 aliphatic heterocycles. The van der Waals surface area contributed by atoms with Crippen molar-refractivity contribution in [1.82, 2.24) is 15.0 Å². The number of hydrogen-bond acceptors (Lipinski definition) is 4. The Hall–Kier alpha value is -3.08. The standard InChI is InChI=1S/C18H14F3N5/c19-18(20,21)13-3-1-11(2-4-13)9-26(14-5-6-14)17-15-12(7-22)8-23-16(15)24-10-25-17/h1-4,8,10,14H,5-6,9H2,(H,23,24,25). The molecule has 0 amide bonds. The van der Waals surface area contributed by atoms with Gasteiger partial charge in [0.25, 0.3) is 0 Å². The minimum atomic E-state index is -4.35. The number of nitrogens with one attached hydrogen (secondary N) is 1. The van der Waals surface area contributed by atoms with E-state index in [2.05, 4.69) is 21.0 Å². The number of hydrogen-bond donors (Lipinski definition) is 1. The number of aromatic nitrogens is 3. The van der Waals surface area contributed by atoms with Gasteiger partial charge in [0.05, 0.1) is 16.5 Å². The second-order valence-electron chi connectivity index (χ2n) is 6.29. The maximum absolute atomic E-state index is 12.7. The highest BCUT2D eigenvalue weighted by molar-refractivity contribution is 5.93. The number of aromatic amines is 1. The molecule has 0 atom stereocenters. The van der Waals surface area contributed by atoms with E-state index in [9.17, 15) is 18.4 Å². The summed E-state index contributed by atoms with van der Waals surface area (Å²) in [5.74, 6) is 0.634. The van der Waals surface area contributed by atoms with Crippen LogP contribution in [0.15, 0.2) is 36.8 Å². The third kappa shape index (κ3) is 2.96. The van der Waals surface area contributed by atoms with Crippen LogP contribution in [0.25, 0.3) is 11.0 Å². The number of nitrogens with zero attached hydrogens (tertiary/aromatic N) is 4. The lowest BCUT2D eigenvalue weighted by molar-refractivity contribution is -0.137. The lowest BCUT2D eigenvalue weighted by Gasteiger charge is -2.24. The second-order valence-corrected chi connectivity index (χ2v) is 6.29. The van der Waals surface area contributed by atoms with Gasteiger partial charge in [0, 0.05) is 18.8 Å². The summed E-state index contributed by atoms with van der Waals surface area (Å²) in [6.07, 6.45) is 0.640. The van der Waals surface area contributed by atoms with Gasteiger partial charge in [-0.25, -0.2) is 9.97 Å². The summed E-state index contributed by atoms with van der Waals surface area (Å²) < 4.78 is 38.2. The fourth-order valence-corrected chi connectivity index (χ4v) is 3.01.